The molecule has 1 saturated carbocycles. The first-order chi connectivity index (χ1) is 10.1. The zero-order valence-corrected chi connectivity index (χ0v) is 12.2. The van der Waals surface area contributed by atoms with Gasteiger partial charge < -0.3 is 5.11 Å². The van der Waals surface area contributed by atoms with Crippen molar-refractivity contribution in [2.24, 2.45) is 0 Å². The quantitative estimate of drug-likeness (QED) is 0.907. The number of rotatable bonds is 5. The van der Waals surface area contributed by atoms with Crippen LogP contribution in [0.3, 0.4) is 0 Å². The zero-order valence-electron chi connectivity index (χ0n) is 12.2. The largest absolute Gasteiger partial charge is 0.481 e. The first-order valence-electron chi connectivity index (χ1n) is 7.50. The number of nitrogens with zero attached hydrogens (tertiary/aromatic N) is 2. The summed E-state index contributed by atoms with van der Waals surface area (Å²) in [6.45, 7) is 1.88. The third-order valence-electron chi connectivity index (χ3n) is 4.34. The van der Waals surface area contributed by atoms with E-state index in [0.29, 0.717) is 5.92 Å². The van der Waals surface area contributed by atoms with Gasteiger partial charge in [-0.15, -0.1) is 0 Å². The number of carboxylic acid groups (broad SMARTS) is 1. The van der Waals surface area contributed by atoms with E-state index in [9.17, 15) is 4.79 Å². The van der Waals surface area contributed by atoms with Gasteiger partial charge in [-0.3, -0.25) is 9.48 Å². The normalized spacial score (nSPS) is 16.4. The topological polar surface area (TPSA) is 55.1 Å². The van der Waals surface area contributed by atoms with Crippen LogP contribution < -0.4 is 0 Å². The van der Waals surface area contributed by atoms with Crippen molar-refractivity contribution in [2.75, 3.05) is 0 Å². The fraction of sp³-hybridized carbons (Fsp3) is 0.412. The van der Waals surface area contributed by atoms with Crippen LogP contribution in [0, 0.1) is 0 Å². The van der Waals surface area contributed by atoms with E-state index in [4.69, 9.17) is 5.11 Å². The van der Waals surface area contributed by atoms with Gasteiger partial charge in [0.25, 0.3) is 0 Å². The Balaban J connectivity index is 1.88. The first-order valence-corrected chi connectivity index (χ1v) is 7.50. The molecule has 0 saturated heterocycles. The van der Waals surface area contributed by atoms with Gasteiger partial charge in [0.15, 0.2) is 0 Å². The first kappa shape index (κ1) is 13.9. The molecule has 0 bridgehead atoms. The lowest BCUT2D eigenvalue weighted by Crippen LogP contribution is -2.11. The van der Waals surface area contributed by atoms with Crippen LogP contribution in [0.4, 0.5) is 0 Å². The predicted molar refractivity (Wildman–Crippen MR) is 81.2 cm³/mol. The number of carboxylic acids is 1. The molecule has 1 heterocycles. The third-order valence-corrected chi connectivity index (χ3v) is 4.34. The Hall–Kier alpha value is -2.10. The van der Waals surface area contributed by atoms with E-state index < -0.39 is 5.97 Å². The summed E-state index contributed by atoms with van der Waals surface area (Å²) in [5.74, 6) is -0.129. The molecule has 1 fully saturated rings. The number of benzene rings is 1. The molecule has 1 aromatic heterocycles. The van der Waals surface area contributed by atoms with Crippen molar-refractivity contribution in [1.29, 1.82) is 0 Å². The van der Waals surface area contributed by atoms with Gasteiger partial charge in [-0.05, 0) is 36.8 Å². The lowest BCUT2D eigenvalue weighted by atomic mass is 9.77. The highest BCUT2D eigenvalue weighted by Gasteiger charge is 2.23. The molecule has 4 nitrogen and oxygen atoms in total. The molecule has 1 aliphatic carbocycles. The molecule has 1 aliphatic rings. The fourth-order valence-corrected chi connectivity index (χ4v) is 2.90. The highest BCUT2D eigenvalue weighted by molar-refractivity contribution is 5.68. The molecule has 4 heteroatoms. The SMILES string of the molecule is CC(CC(=O)O)n1cc(-c2ccccc2C2CCC2)cn1. The van der Waals surface area contributed by atoms with Gasteiger partial charge in [0.1, 0.15) is 0 Å². The average molecular weight is 284 g/mol. The molecule has 21 heavy (non-hydrogen) atoms. The highest BCUT2D eigenvalue weighted by Crippen LogP contribution is 2.41. The number of carbonyl (C=O) groups is 1. The summed E-state index contributed by atoms with van der Waals surface area (Å²) in [6.07, 6.45) is 7.74. The molecule has 1 atom stereocenters. The Kier molecular flexibility index (Phi) is 3.78. The molecule has 1 unspecified atom stereocenters. The van der Waals surface area contributed by atoms with Crippen molar-refractivity contribution < 1.29 is 9.90 Å². The predicted octanol–water partition coefficient (Wildman–Crippen LogP) is 3.85. The maximum absolute atomic E-state index is 10.8. The molecule has 0 spiro atoms. The summed E-state index contributed by atoms with van der Waals surface area (Å²) in [6, 6.07) is 8.35. The Morgan fingerprint density at radius 2 is 2.19 bits per heavy atom. The van der Waals surface area contributed by atoms with Gasteiger partial charge in [-0.25, -0.2) is 0 Å². The Morgan fingerprint density at radius 3 is 2.86 bits per heavy atom. The van der Waals surface area contributed by atoms with E-state index >= 15 is 0 Å². The summed E-state index contributed by atoms with van der Waals surface area (Å²) in [7, 11) is 0. The van der Waals surface area contributed by atoms with E-state index in [2.05, 4.69) is 29.4 Å². The molecular formula is C17H20N2O2. The van der Waals surface area contributed by atoms with Crippen LogP contribution in [0.1, 0.15) is 50.1 Å². The molecule has 110 valence electrons. The second kappa shape index (κ2) is 5.72. The molecule has 0 amide bonds. The van der Waals surface area contributed by atoms with Gasteiger partial charge in [0.05, 0.1) is 18.7 Å². The van der Waals surface area contributed by atoms with Crippen molar-refractivity contribution in [3.05, 3.63) is 42.2 Å². The van der Waals surface area contributed by atoms with Crippen molar-refractivity contribution in [1.82, 2.24) is 9.78 Å². The lowest BCUT2D eigenvalue weighted by molar-refractivity contribution is -0.137. The molecule has 3 rings (SSSR count). The van der Waals surface area contributed by atoms with Gasteiger partial charge in [0.2, 0.25) is 0 Å². The fourth-order valence-electron chi connectivity index (χ4n) is 2.90. The van der Waals surface area contributed by atoms with Gasteiger partial charge >= 0.3 is 5.97 Å². The van der Waals surface area contributed by atoms with E-state index in [1.54, 1.807) is 4.68 Å². The van der Waals surface area contributed by atoms with Crippen LogP contribution in [0.5, 0.6) is 0 Å². The number of aromatic nitrogens is 2. The third kappa shape index (κ3) is 2.84. The summed E-state index contributed by atoms with van der Waals surface area (Å²) in [5, 5.41) is 13.2. The van der Waals surface area contributed by atoms with Crippen molar-refractivity contribution in [3.8, 4) is 11.1 Å². The minimum Gasteiger partial charge on any atom is -0.481 e. The number of hydrogen-bond acceptors (Lipinski definition) is 2. The second-order valence-electron chi connectivity index (χ2n) is 5.87. The van der Waals surface area contributed by atoms with E-state index in [0.717, 1.165) is 5.56 Å². The van der Waals surface area contributed by atoms with Crippen LogP contribution in [0.2, 0.25) is 0 Å². The highest BCUT2D eigenvalue weighted by atomic mass is 16.4. The van der Waals surface area contributed by atoms with E-state index in [-0.39, 0.29) is 12.5 Å². The van der Waals surface area contributed by atoms with Crippen LogP contribution >= 0.6 is 0 Å². The molecule has 1 aromatic carbocycles. The van der Waals surface area contributed by atoms with Crippen LogP contribution in [0.25, 0.3) is 11.1 Å². The van der Waals surface area contributed by atoms with Crippen molar-refractivity contribution in [3.63, 3.8) is 0 Å². The van der Waals surface area contributed by atoms with E-state index in [1.807, 2.05) is 19.3 Å². The van der Waals surface area contributed by atoms with Crippen LogP contribution in [-0.2, 0) is 4.79 Å². The van der Waals surface area contributed by atoms with Gasteiger partial charge in [-0.1, -0.05) is 30.7 Å². The minimum atomic E-state index is -0.797. The van der Waals surface area contributed by atoms with Crippen molar-refractivity contribution in [2.45, 2.75) is 44.6 Å². The Bertz CT molecular complexity index is 644. The second-order valence-corrected chi connectivity index (χ2v) is 5.87. The molecule has 0 aliphatic heterocycles. The number of aliphatic carboxylic acids is 1. The monoisotopic (exact) mass is 284 g/mol. The zero-order chi connectivity index (χ0) is 14.8. The van der Waals surface area contributed by atoms with E-state index in [1.165, 1.54) is 30.4 Å². The molecular weight excluding hydrogens is 264 g/mol. The summed E-state index contributed by atoms with van der Waals surface area (Å²) in [4.78, 5) is 10.8. The Labute approximate surface area is 124 Å². The lowest BCUT2D eigenvalue weighted by Gasteiger charge is -2.27. The molecule has 2 aromatic rings. The molecule has 0 radical (unpaired) electrons. The van der Waals surface area contributed by atoms with Crippen molar-refractivity contribution >= 4 is 5.97 Å². The standard InChI is InChI=1S/C17H20N2O2/c1-12(9-17(20)21)19-11-14(10-18-19)16-8-3-2-7-15(16)13-5-4-6-13/h2-3,7-8,10-13H,4-6,9H2,1H3,(H,20,21). The van der Waals surface area contributed by atoms with Crippen LogP contribution in [0.15, 0.2) is 36.7 Å². The summed E-state index contributed by atoms with van der Waals surface area (Å²) >= 11 is 0. The Morgan fingerprint density at radius 1 is 1.43 bits per heavy atom. The van der Waals surface area contributed by atoms with Gasteiger partial charge in [-0.2, -0.15) is 5.10 Å². The van der Waals surface area contributed by atoms with Gasteiger partial charge in [0, 0.05) is 11.8 Å². The average Bonchev–Trinajstić information content (AvgIpc) is 2.86. The maximum atomic E-state index is 10.8. The minimum absolute atomic E-state index is 0.0887. The smallest absolute Gasteiger partial charge is 0.305 e. The van der Waals surface area contributed by atoms with Crippen LogP contribution in [-0.4, -0.2) is 20.9 Å². The number of hydrogen-bond donors (Lipinski definition) is 1. The molecule has 1 N–H and O–H groups in total. The summed E-state index contributed by atoms with van der Waals surface area (Å²) < 4.78 is 1.75. The summed E-state index contributed by atoms with van der Waals surface area (Å²) in [5.41, 5.74) is 3.71. The maximum Gasteiger partial charge on any atom is 0.305 e.